The summed E-state index contributed by atoms with van der Waals surface area (Å²) in [7, 11) is 0. The van der Waals surface area contributed by atoms with E-state index in [-0.39, 0.29) is 0 Å². The Labute approximate surface area is 401 Å². The minimum absolute atomic E-state index is 0.398. The molecule has 0 radical (unpaired) electrons. The molecular weight excluding hydrogens is 785 g/mol. The maximum Gasteiger partial charge on any atom is 0.0314 e. The van der Waals surface area contributed by atoms with E-state index in [0.29, 0.717) is 17.8 Å². The van der Waals surface area contributed by atoms with Gasteiger partial charge in [0.1, 0.15) is 0 Å². The molecule has 1 aliphatic rings. The lowest BCUT2D eigenvalue weighted by molar-refractivity contribution is 0.214. The molecule has 4 aromatic carbocycles. The molecule has 3 unspecified atom stereocenters. The summed E-state index contributed by atoms with van der Waals surface area (Å²) >= 11 is 0. The van der Waals surface area contributed by atoms with Crippen LogP contribution in [0, 0.1) is 11.8 Å². The number of benzene rings is 4. The van der Waals surface area contributed by atoms with Crippen molar-refractivity contribution in [2.24, 2.45) is 11.8 Å². The van der Waals surface area contributed by atoms with Crippen LogP contribution in [0.2, 0.25) is 0 Å². The van der Waals surface area contributed by atoms with Gasteiger partial charge in [-0.05, 0) is 95.2 Å². The van der Waals surface area contributed by atoms with Crippen molar-refractivity contribution in [3.05, 3.63) is 130 Å². The third-order valence-electron chi connectivity index (χ3n) is 15.7. The minimum atomic E-state index is 0.398. The Morgan fingerprint density at radius 1 is 0.323 bits per heavy atom. The van der Waals surface area contributed by atoms with Crippen LogP contribution in [0.1, 0.15) is 271 Å². The Kier molecular flexibility index (Phi) is 25.4. The van der Waals surface area contributed by atoms with Gasteiger partial charge in [-0.1, -0.05) is 267 Å². The third kappa shape index (κ3) is 18.9. The second-order valence-electron chi connectivity index (χ2n) is 20.8. The molecule has 0 heterocycles. The fraction of sp³-hybridized carbons (Fsp3) is 0.619. The van der Waals surface area contributed by atoms with Crippen LogP contribution in [0.25, 0.3) is 0 Å². The lowest BCUT2D eigenvalue weighted by Gasteiger charge is -2.32. The van der Waals surface area contributed by atoms with E-state index in [9.17, 15) is 0 Å². The van der Waals surface area contributed by atoms with Gasteiger partial charge in [-0.2, -0.15) is 0 Å². The van der Waals surface area contributed by atoms with Crippen molar-refractivity contribution in [2.45, 2.75) is 238 Å². The molecule has 0 saturated heterocycles. The first-order valence-electron chi connectivity index (χ1n) is 27.9. The van der Waals surface area contributed by atoms with Crippen LogP contribution < -0.4 is 11.5 Å². The Morgan fingerprint density at radius 3 is 0.938 bits per heavy atom. The molecule has 2 heteroatoms. The van der Waals surface area contributed by atoms with E-state index in [4.69, 9.17) is 11.5 Å². The highest BCUT2D eigenvalue weighted by Gasteiger charge is 2.26. The molecule has 2 nitrogen and oxygen atoms in total. The van der Waals surface area contributed by atoms with E-state index < -0.39 is 0 Å². The Morgan fingerprint density at radius 2 is 0.600 bits per heavy atom. The maximum atomic E-state index is 6.21. The molecule has 4 N–H and O–H groups in total. The summed E-state index contributed by atoms with van der Waals surface area (Å²) in [6.45, 7) is 6.96. The predicted octanol–water partition coefficient (Wildman–Crippen LogP) is 19.6. The van der Waals surface area contributed by atoms with Gasteiger partial charge in [0.05, 0.1) is 0 Å². The Bertz CT molecular complexity index is 1640. The van der Waals surface area contributed by atoms with Crippen molar-refractivity contribution in [3.63, 3.8) is 0 Å². The maximum absolute atomic E-state index is 6.21. The largest absolute Gasteiger partial charge is 0.399 e. The van der Waals surface area contributed by atoms with Crippen molar-refractivity contribution in [1.29, 1.82) is 0 Å². The number of anilines is 2. The first kappa shape index (κ1) is 52.4. The van der Waals surface area contributed by atoms with Gasteiger partial charge in [-0.25, -0.2) is 0 Å². The fourth-order valence-electron chi connectivity index (χ4n) is 11.5. The molecule has 5 rings (SSSR count). The lowest BCUT2D eigenvalue weighted by atomic mass is 9.73. The zero-order chi connectivity index (χ0) is 45.7. The zero-order valence-corrected chi connectivity index (χ0v) is 42.2. The highest BCUT2D eigenvalue weighted by atomic mass is 14.5. The van der Waals surface area contributed by atoms with Crippen LogP contribution in [0.5, 0.6) is 0 Å². The van der Waals surface area contributed by atoms with Gasteiger partial charge >= 0.3 is 0 Å². The Balaban J connectivity index is 1.38. The first-order valence-corrected chi connectivity index (χ1v) is 27.9. The van der Waals surface area contributed by atoms with Crippen molar-refractivity contribution >= 4 is 11.4 Å². The van der Waals surface area contributed by atoms with Gasteiger partial charge in [-0.3, -0.25) is 0 Å². The van der Waals surface area contributed by atoms with Crippen molar-refractivity contribution < 1.29 is 0 Å². The summed E-state index contributed by atoms with van der Waals surface area (Å²) in [4.78, 5) is 0. The first-order chi connectivity index (χ1) is 32.0. The summed E-state index contributed by atoms with van der Waals surface area (Å²) in [5.74, 6) is 2.96. The quantitative estimate of drug-likeness (QED) is 0.0363. The molecule has 65 heavy (non-hydrogen) atoms. The molecule has 1 saturated carbocycles. The summed E-state index contributed by atoms with van der Waals surface area (Å²) in [5.41, 5.74) is 22.8. The van der Waals surface area contributed by atoms with Gasteiger partial charge in [0, 0.05) is 29.1 Å². The SMILES string of the molecule is CCCCCCCCCCC(c1ccc(N)cc1)c1ccc(C(CCC(CCCCCCC)C2CCCCC2)c2ccc(C(CCCCCCCCCC)c3ccc(N)cc3)cc2)cc1. The molecule has 358 valence electrons. The molecular formula is C63H96N2. The van der Waals surface area contributed by atoms with Crippen molar-refractivity contribution in [2.75, 3.05) is 11.5 Å². The van der Waals surface area contributed by atoms with Gasteiger partial charge in [0.15, 0.2) is 0 Å². The van der Waals surface area contributed by atoms with Crippen LogP contribution in [0.3, 0.4) is 0 Å². The number of nitrogen functional groups attached to an aromatic ring is 2. The highest BCUT2D eigenvalue weighted by molar-refractivity contribution is 5.45. The second kappa shape index (κ2) is 31.5. The highest BCUT2D eigenvalue weighted by Crippen LogP contribution is 2.41. The van der Waals surface area contributed by atoms with Crippen LogP contribution in [-0.4, -0.2) is 0 Å². The standard InChI is InChI=1S/C63H96N2/c1-4-7-10-13-15-17-20-26-31-61(57-41-46-59(64)47-42-57)53-33-37-55(38-34-53)63(50-45-52(30-23-19-12-9-6-3)51-28-24-22-25-29-51)56-39-35-54(36-40-56)62(58-43-48-60(65)49-44-58)32-27-21-18-16-14-11-8-5-2/h33-44,46-49,51-52,61-63H,4-32,45,50,64-65H2,1-3H3. The fourth-order valence-corrected chi connectivity index (χ4v) is 11.5. The summed E-state index contributed by atoms with van der Waals surface area (Å²) in [6, 6.07) is 37.6. The summed E-state index contributed by atoms with van der Waals surface area (Å²) in [6.07, 6.45) is 42.2. The van der Waals surface area contributed by atoms with E-state index >= 15 is 0 Å². The van der Waals surface area contributed by atoms with Crippen molar-refractivity contribution in [3.8, 4) is 0 Å². The molecule has 4 aromatic rings. The smallest absolute Gasteiger partial charge is 0.0314 e. The van der Waals surface area contributed by atoms with E-state index in [1.54, 1.807) is 0 Å². The third-order valence-corrected chi connectivity index (χ3v) is 15.7. The van der Waals surface area contributed by atoms with Crippen LogP contribution >= 0.6 is 0 Å². The Hall–Kier alpha value is -3.52. The number of unbranched alkanes of at least 4 members (excludes halogenated alkanes) is 18. The molecule has 1 fully saturated rings. The molecule has 0 aromatic heterocycles. The van der Waals surface area contributed by atoms with Gasteiger partial charge < -0.3 is 11.5 Å². The molecule has 0 amide bonds. The zero-order valence-electron chi connectivity index (χ0n) is 42.2. The average molecular weight is 881 g/mol. The van der Waals surface area contributed by atoms with Crippen LogP contribution in [0.4, 0.5) is 11.4 Å². The number of nitrogens with two attached hydrogens (primary N) is 2. The van der Waals surface area contributed by atoms with E-state index in [0.717, 1.165) is 23.2 Å². The molecule has 1 aliphatic carbocycles. The van der Waals surface area contributed by atoms with Gasteiger partial charge in [0.2, 0.25) is 0 Å². The molecule has 0 aliphatic heterocycles. The predicted molar refractivity (Wildman–Crippen MR) is 287 cm³/mol. The summed E-state index contributed by atoms with van der Waals surface area (Å²) < 4.78 is 0. The topological polar surface area (TPSA) is 52.0 Å². The van der Waals surface area contributed by atoms with Crippen LogP contribution in [-0.2, 0) is 0 Å². The minimum Gasteiger partial charge on any atom is -0.399 e. The molecule has 0 spiro atoms. The van der Waals surface area contributed by atoms with Gasteiger partial charge in [-0.15, -0.1) is 0 Å². The molecule has 0 bridgehead atoms. The normalized spacial score (nSPS) is 15.2. The van der Waals surface area contributed by atoms with Gasteiger partial charge in [0.25, 0.3) is 0 Å². The molecule has 3 atom stereocenters. The van der Waals surface area contributed by atoms with E-state index in [1.807, 2.05) is 0 Å². The number of rotatable bonds is 34. The lowest BCUT2D eigenvalue weighted by Crippen LogP contribution is -2.19. The van der Waals surface area contributed by atoms with Crippen LogP contribution in [0.15, 0.2) is 97.1 Å². The van der Waals surface area contributed by atoms with E-state index in [2.05, 4.69) is 118 Å². The number of hydrogen-bond donors (Lipinski definition) is 2. The summed E-state index contributed by atoms with van der Waals surface area (Å²) in [5, 5.41) is 0. The van der Waals surface area contributed by atoms with Crippen molar-refractivity contribution in [1.82, 2.24) is 0 Å². The number of hydrogen-bond acceptors (Lipinski definition) is 2. The average Bonchev–Trinajstić information content (AvgIpc) is 3.34. The monoisotopic (exact) mass is 881 g/mol. The second-order valence-corrected chi connectivity index (χ2v) is 20.8. The van der Waals surface area contributed by atoms with E-state index in [1.165, 1.54) is 232 Å².